The maximum Gasteiger partial charge on any atom is 0.273 e. The second kappa shape index (κ2) is 7.76. The van der Waals surface area contributed by atoms with Crippen molar-refractivity contribution in [1.82, 2.24) is 24.2 Å². The van der Waals surface area contributed by atoms with Gasteiger partial charge in [0.05, 0.1) is 5.69 Å². The summed E-state index contributed by atoms with van der Waals surface area (Å²) in [7, 11) is 1.75. The molecule has 146 valence electrons. The van der Waals surface area contributed by atoms with Gasteiger partial charge in [0, 0.05) is 44.0 Å². The van der Waals surface area contributed by atoms with Gasteiger partial charge in [-0.1, -0.05) is 20.8 Å². The van der Waals surface area contributed by atoms with Gasteiger partial charge in [-0.3, -0.25) is 19.5 Å². The largest absolute Gasteiger partial charge is 0.315 e. The van der Waals surface area contributed by atoms with Crippen LogP contribution in [0.25, 0.3) is 0 Å². The number of aryl methyl sites for hydroxylation is 1. The van der Waals surface area contributed by atoms with Crippen LogP contribution in [-0.2, 0) is 25.6 Å². The van der Waals surface area contributed by atoms with Crippen LogP contribution in [0.2, 0.25) is 0 Å². The van der Waals surface area contributed by atoms with Crippen LogP contribution >= 0.6 is 0 Å². The van der Waals surface area contributed by atoms with Crippen molar-refractivity contribution in [1.29, 1.82) is 0 Å². The van der Waals surface area contributed by atoms with Gasteiger partial charge in [-0.25, -0.2) is 4.68 Å². The Balaban J connectivity index is 1.61. The zero-order chi connectivity index (χ0) is 19.6. The van der Waals surface area contributed by atoms with Crippen LogP contribution in [0.4, 0.5) is 0 Å². The highest BCUT2D eigenvalue weighted by Gasteiger charge is 2.22. The monoisotopic (exact) mass is 371 g/mol. The molecule has 0 unspecified atom stereocenters. The second-order valence-corrected chi connectivity index (χ2v) is 8.50. The van der Waals surface area contributed by atoms with E-state index in [1.165, 1.54) is 0 Å². The summed E-state index contributed by atoms with van der Waals surface area (Å²) in [6.45, 7) is 9.34. The van der Waals surface area contributed by atoms with E-state index in [4.69, 9.17) is 0 Å². The van der Waals surface area contributed by atoms with Crippen molar-refractivity contribution in [3.8, 4) is 0 Å². The third-order valence-corrected chi connectivity index (χ3v) is 5.23. The van der Waals surface area contributed by atoms with Crippen molar-refractivity contribution in [2.75, 3.05) is 13.1 Å². The molecule has 7 nitrogen and oxygen atoms in total. The highest BCUT2D eigenvalue weighted by atomic mass is 16.1. The third kappa shape index (κ3) is 4.71. The van der Waals surface area contributed by atoms with Crippen molar-refractivity contribution in [3.05, 3.63) is 56.6 Å². The summed E-state index contributed by atoms with van der Waals surface area (Å²) < 4.78 is 3.19. The van der Waals surface area contributed by atoms with Gasteiger partial charge in [-0.15, -0.1) is 0 Å². The smallest absolute Gasteiger partial charge is 0.273 e. The summed E-state index contributed by atoms with van der Waals surface area (Å²) in [6, 6.07) is 3.45. The molecule has 0 bridgehead atoms. The van der Waals surface area contributed by atoms with E-state index in [2.05, 4.69) is 35.8 Å². The predicted octanol–water partition coefficient (Wildman–Crippen LogP) is 1.55. The minimum atomic E-state index is -0.0757. The lowest BCUT2D eigenvalue weighted by atomic mass is 9.92. The van der Waals surface area contributed by atoms with Crippen LogP contribution in [0.5, 0.6) is 0 Å². The molecule has 0 amide bonds. The fourth-order valence-corrected chi connectivity index (χ4v) is 3.42. The molecule has 1 fully saturated rings. The van der Waals surface area contributed by atoms with Gasteiger partial charge < -0.3 is 4.57 Å². The summed E-state index contributed by atoms with van der Waals surface area (Å²) in [4.78, 5) is 30.8. The Kier molecular flexibility index (Phi) is 5.60. The first kappa shape index (κ1) is 19.5. The average Bonchev–Trinajstić information content (AvgIpc) is 2.61. The summed E-state index contributed by atoms with van der Waals surface area (Å²) in [6.07, 6.45) is 5.32. The highest BCUT2D eigenvalue weighted by Crippen LogP contribution is 2.21. The molecule has 0 aromatic carbocycles. The second-order valence-electron chi connectivity index (χ2n) is 8.50. The van der Waals surface area contributed by atoms with Crippen molar-refractivity contribution >= 4 is 0 Å². The maximum absolute atomic E-state index is 12.2. The SMILES string of the molecule is Cn1ccnc(CN2CCC(Cn3nc(C(C)(C)C)ccc3=O)CC2)c1=O. The van der Waals surface area contributed by atoms with Crippen molar-refractivity contribution < 1.29 is 0 Å². The van der Waals surface area contributed by atoms with E-state index >= 15 is 0 Å². The van der Waals surface area contributed by atoms with Crippen LogP contribution < -0.4 is 11.1 Å². The van der Waals surface area contributed by atoms with Gasteiger partial charge in [0.1, 0.15) is 5.69 Å². The lowest BCUT2D eigenvalue weighted by Gasteiger charge is -2.31. The van der Waals surface area contributed by atoms with Crippen molar-refractivity contribution in [2.45, 2.75) is 52.1 Å². The first-order valence-corrected chi connectivity index (χ1v) is 9.55. The maximum atomic E-state index is 12.2. The van der Waals surface area contributed by atoms with Gasteiger partial charge >= 0.3 is 0 Å². The van der Waals surface area contributed by atoms with Gasteiger partial charge in [0.15, 0.2) is 0 Å². The zero-order valence-electron chi connectivity index (χ0n) is 16.7. The standard InChI is InChI=1S/C20H29N5O2/c1-20(2,3)17-5-6-18(26)25(22-17)13-15-7-10-24(11-8-15)14-16-19(27)23(4)12-9-21-16/h5-6,9,12,15H,7-8,10-11,13-14H2,1-4H3. The molecular formula is C20H29N5O2. The van der Waals surface area contributed by atoms with Crippen LogP contribution in [-0.4, -0.2) is 37.3 Å². The third-order valence-electron chi connectivity index (χ3n) is 5.23. The molecule has 0 radical (unpaired) electrons. The summed E-state index contributed by atoms with van der Waals surface area (Å²) in [5.74, 6) is 0.424. The molecule has 1 saturated heterocycles. The molecule has 3 heterocycles. The number of piperidine rings is 1. The topological polar surface area (TPSA) is 73.0 Å². The Hall–Kier alpha value is -2.28. The van der Waals surface area contributed by atoms with E-state index in [0.717, 1.165) is 31.6 Å². The molecule has 0 aliphatic carbocycles. The zero-order valence-corrected chi connectivity index (χ0v) is 16.7. The molecule has 1 aliphatic heterocycles. The number of hydrogen-bond donors (Lipinski definition) is 0. The van der Waals surface area contributed by atoms with Gasteiger partial charge in [-0.05, 0) is 37.9 Å². The van der Waals surface area contributed by atoms with Gasteiger partial charge in [-0.2, -0.15) is 5.10 Å². The molecule has 0 spiro atoms. The first-order chi connectivity index (χ1) is 12.7. The van der Waals surface area contributed by atoms with Gasteiger partial charge in [0.2, 0.25) is 0 Å². The average molecular weight is 371 g/mol. The molecule has 0 atom stereocenters. The number of aromatic nitrogens is 4. The van der Waals surface area contributed by atoms with Gasteiger partial charge in [0.25, 0.3) is 11.1 Å². The number of rotatable bonds is 4. The normalized spacial score (nSPS) is 16.6. The van der Waals surface area contributed by atoms with Crippen LogP contribution in [0, 0.1) is 5.92 Å². The summed E-state index contributed by atoms with van der Waals surface area (Å²) >= 11 is 0. The Labute approximate surface area is 159 Å². The first-order valence-electron chi connectivity index (χ1n) is 9.55. The highest BCUT2D eigenvalue weighted by molar-refractivity contribution is 5.10. The Morgan fingerprint density at radius 1 is 1.15 bits per heavy atom. The fraction of sp³-hybridized carbons (Fsp3) is 0.600. The summed E-state index contributed by atoms with van der Waals surface area (Å²) in [5.41, 5.74) is 1.38. The number of nitrogens with zero attached hydrogens (tertiary/aromatic N) is 5. The minimum Gasteiger partial charge on any atom is -0.315 e. The molecule has 2 aromatic heterocycles. The Morgan fingerprint density at radius 3 is 2.52 bits per heavy atom. The van der Waals surface area contributed by atoms with E-state index in [9.17, 15) is 9.59 Å². The van der Waals surface area contributed by atoms with Crippen LogP contribution in [0.3, 0.4) is 0 Å². The predicted molar refractivity (Wildman–Crippen MR) is 105 cm³/mol. The summed E-state index contributed by atoms with van der Waals surface area (Å²) in [5, 5.41) is 4.58. The molecule has 1 aliphatic rings. The molecule has 0 N–H and O–H groups in total. The minimum absolute atomic E-state index is 0.0330. The Bertz CT molecular complexity index is 902. The van der Waals surface area contributed by atoms with E-state index in [0.29, 0.717) is 24.7 Å². The van der Waals surface area contributed by atoms with Crippen LogP contribution in [0.15, 0.2) is 34.1 Å². The lowest BCUT2D eigenvalue weighted by molar-refractivity contribution is 0.161. The number of hydrogen-bond acceptors (Lipinski definition) is 5. The number of likely N-dealkylation sites (tertiary alicyclic amines) is 1. The molecule has 3 rings (SSSR count). The van der Waals surface area contributed by atoms with Crippen LogP contribution in [0.1, 0.15) is 45.0 Å². The quantitative estimate of drug-likeness (QED) is 0.815. The molecule has 2 aromatic rings. The van der Waals surface area contributed by atoms with E-state index in [1.807, 2.05) is 6.07 Å². The molecule has 7 heteroatoms. The molecular weight excluding hydrogens is 342 g/mol. The lowest BCUT2D eigenvalue weighted by Crippen LogP contribution is -2.38. The van der Waals surface area contributed by atoms with E-state index in [-0.39, 0.29) is 16.5 Å². The van der Waals surface area contributed by atoms with E-state index in [1.54, 1.807) is 34.8 Å². The molecule has 0 saturated carbocycles. The molecule has 27 heavy (non-hydrogen) atoms. The van der Waals surface area contributed by atoms with Crippen molar-refractivity contribution in [2.24, 2.45) is 13.0 Å². The Morgan fingerprint density at radius 2 is 1.85 bits per heavy atom. The van der Waals surface area contributed by atoms with E-state index < -0.39 is 0 Å². The fourth-order valence-electron chi connectivity index (χ4n) is 3.42. The van der Waals surface area contributed by atoms with Crippen molar-refractivity contribution in [3.63, 3.8) is 0 Å².